The second-order valence-electron chi connectivity index (χ2n) is 4.70. The fourth-order valence-electron chi connectivity index (χ4n) is 1.71. The van der Waals surface area contributed by atoms with E-state index in [0.29, 0.717) is 12.5 Å². The molecule has 0 fully saturated rings. The third-order valence-electron chi connectivity index (χ3n) is 2.87. The van der Waals surface area contributed by atoms with Crippen LogP contribution in [0.5, 0.6) is 5.75 Å². The van der Waals surface area contributed by atoms with Crippen molar-refractivity contribution in [2.75, 3.05) is 0 Å². The third kappa shape index (κ3) is 3.36. The van der Waals surface area contributed by atoms with Crippen LogP contribution in [0.4, 0.5) is 0 Å². The van der Waals surface area contributed by atoms with Crippen molar-refractivity contribution in [3.8, 4) is 5.75 Å². The van der Waals surface area contributed by atoms with Crippen molar-refractivity contribution in [1.82, 2.24) is 0 Å². The summed E-state index contributed by atoms with van der Waals surface area (Å²) in [6.45, 7) is 7.12. The van der Waals surface area contributed by atoms with Crippen LogP contribution in [-0.4, -0.2) is 0 Å². The van der Waals surface area contributed by atoms with E-state index in [1.165, 1.54) is 16.0 Å². The molecule has 1 nitrogen and oxygen atoms in total. The molecule has 0 aliphatic heterocycles. The van der Waals surface area contributed by atoms with Crippen LogP contribution in [0.2, 0.25) is 0 Å². The number of thiophene rings is 1. The fourth-order valence-corrected chi connectivity index (χ4v) is 3.07. The topological polar surface area (TPSA) is 9.23 Å². The van der Waals surface area contributed by atoms with Crippen LogP contribution in [-0.2, 0) is 6.61 Å². The summed E-state index contributed by atoms with van der Waals surface area (Å²) < 4.78 is 7.04. The molecule has 1 heterocycles. The highest BCUT2D eigenvalue weighted by molar-refractivity contribution is 9.10. The zero-order valence-corrected chi connectivity index (χ0v) is 13.3. The zero-order valence-electron chi connectivity index (χ0n) is 10.9. The molecule has 0 bridgehead atoms. The van der Waals surface area contributed by atoms with Crippen molar-refractivity contribution in [3.05, 3.63) is 50.1 Å². The van der Waals surface area contributed by atoms with Crippen LogP contribution < -0.4 is 4.74 Å². The van der Waals surface area contributed by atoms with Gasteiger partial charge in [-0.1, -0.05) is 26.0 Å². The summed E-state index contributed by atoms with van der Waals surface area (Å²) in [5.41, 5.74) is 2.51. The van der Waals surface area contributed by atoms with E-state index in [2.05, 4.69) is 66.3 Å². The van der Waals surface area contributed by atoms with Gasteiger partial charge < -0.3 is 4.74 Å². The van der Waals surface area contributed by atoms with E-state index >= 15 is 0 Å². The van der Waals surface area contributed by atoms with E-state index in [-0.39, 0.29) is 0 Å². The van der Waals surface area contributed by atoms with E-state index in [9.17, 15) is 0 Å². The molecule has 0 saturated heterocycles. The summed E-state index contributed by atoms with van der Waals surface area (Å²) >= 11 is 5.17. The molecule has 0 atom stereocenters. The number of rotatable bonds is 4. The standard InChI is InChI=1S/C15H17BrOS/c1-10(2)12-5-4-11(3)15(6-12)17-8-14-7-13(16)9-18-14/h4-7,9-10H,8H2,1-3H3. The van der Waals surface area contributed by atoms with Crippen LogP contribution in [0.3, 0.4) is 0 Å². The molecule has 2 rings (SSSR count). The first-order chi connectivity index (χ1) is 8.56. The number of hydrogen-bond donors (Lipinski definition) is 0. The van der Waals surface area contributed by atoms with E-state index in [4.69, 9.17) is 4.74 Å². The molecule has 0 unspecified atom stereocenters. The average molecular weight is 325 g/mol. The van der Waals surface area contributed by atoms with Gasteiger partial charge in [0.15, 0.2) is 0 Å². The number of halogens is 1. The summed E-state index contributed by atoms with van der Waals surface area (Å²) in [5.74, 6) is 1.52. The second kappa shape index (κ2) is 5.89. The number of aryl methyl sites for hydroxylation is 1. The minimum Gasteiger partial charge on any atom is -0.488 e. The fraction of sp³-hybridized carbons (Fsp3) is 0.333. The van der Waals surface area contributed by atoms with E-state index < -0.39 is 0 Å². The van der Waals surface area contributed by atoms with Gasteiger partial charge in [0.25, 0.3) is 0 Å². The molecule has 0 radical (unpaired) electrons. The van der Waals surface area contributed by atoms with Gasteiger partial charge in [0.1, 0.15) is 12.4 Å². The van der Waals surface area contributed by atoms with Gasteiger partial charge in [0.05, 0.1) is 0 Å². The predicted octanol–water partition coefficient (Wildman–Crippen LogP) is 5.52. The van der Waals surface area contributed by atoms with Crippen LogP contribution in [0.25, 0.3) is 0 Å². The Bertz CT molecular complexity index is 531. The first-order valence-electron chi connectivity index (χ1n) is 6.02. The molecule has 18 heavy (non-hydrogen) atoms. The number of ether oxygens (including phenoxy) is 1. The monoisotopic (exact) mass is 324 g/mol. The van der Waals surface area contributed by atoms with Gasteiger partial charge in [-0.15, -0.1) is 11.3 Å². The highest BCUT2D eigenvalue weighted by Gasteiger charge is 2.06. The quantitative estimate of drug-likeness (QED) is 0.719. The molecule has 3 heteroatoms. The lowest BCUT2D eigenvalue weighted by Gasteiger charge is -2.12. The van der Waals surface area contributed by atoms with Gasteiger partial charge in [-0.3, -0.25) is 0 Å². The maximum atomic E-state index is 5.92. The lowest BCUT2D eigenvalue weighted by molar-refractivity contribution is 0.307. The molecular formula is C15H17BrOS. The molecule has 1 aromatic carbocycles. The average Bonchev–Trinajstić information content (AvgIpc) is 2.74. The third-order valence-corrected chi connectivity index (χ3v) is 4.54. The van der Waals surface area contributed by atoms with Gasteiger partial charge >= 0.3 is 0 Å². The van der Waals surface area contributed by atoms with E-state index in [1.807, 2.05) is 0 Å². The molecule has 0 spiro atoms. The second-order valence-corrected chi connectivity index (χ2v) is 6.61. The minimum absolute atomic E-state index is 0.531. The van der Waals surface area contributed by atoms with Crippen molar-refractivity contribution in [1.29, 1.82) is 0 Å². The Balaban J connectivity index is 2.10. The molecule has 0 N–H and O–H groups in total. The Hall–Kier alpha value is -0.800. The van der Waals surface area contributed by atoms with Gasteiger partial charge in [-0.2, -0.15) is 0 Å². The normalized spacial score (nSPS) is 10.9. The van der Waals surface area contributed by atoms with Crippen LogP contribution in [0.15, 0.2) is 34.1 Å². The maximum absolute atomic E-state index is 5.92. The summed E-state index contributed by atoms with van der Waals surface area (Å²) in [4.78, 5) is 1.23. The lowest BCUT2D eigenvalue weighted by Crippen LogP contribution is -1.97. The first-order valence-corrected chi connectivity index (χ1v) is 7.70. The summed E-state index contributed by atoms with van der Waals surface area (Å²) in [5, 5.41) is 2.08. The summed E-state index contributed by atoms with van der Waals surface area (Å²) in [6.07, 6.45) is 0. The smallest absolute Gasteiger partial charge is 0.123 e. The molecule has 0 amide bonds. The van der Waals surface area contributed by atoms with Crippen molar-refractivity contribution in [3.63, 3.8) is 0 Å². The Morgan fingerprint density at radius 1 is 1.28 bits per heavy atom. The van der Waals surface area contributed by atoms with Crippen LogP contribution in [0.1, 0.15) is 35.8 Å². The highest BCUT2D eigenvalue weighted by atomic mass is 79.9. The molecule has 0 aliphatic carbocycles. The van der Waals surface area contributed by atoms with Crippen molar-refractivity contribution in [2.24, 2.45) is 0 Å². The minimum atomic E-state index is 0.531. The van der Waals surface area contributed by atoms with Crippen molar-refractivity contribution in [2.45, 2.75) is 33.3 Å². The SMILES string of the molecule is Cc1ccc(C(C)C)cc1OCc1cc(Br)cs1. The molecule has 2 aromatic rings. The Kier molecular flexibility index (Phi) is 4.46. The summed E-state index contributed by atoms with van der Waals surface area (Å²) in [6, 6.07) is 8.57. The Morgan fingerprint density at radius 2 is 2.06 bits per heavy atom. The first kappa shape index (κ1) is 13.6. The van der Waals surface area contributed by atoms with Gasteiger partial charge in [0.2, 0.25) is 0 Å². The zero-order chi connectivity index (χ0) is 13.1. The van der Waals surface area contributed by atoms with Gasteiger partial charge in [-0.05, 0) is 52.0 Å². The number of benzene rings is 1. The van der Waals surface area contributed by atoms with Crippen LogP contribution >= 0.6 is 27.3 Å². The highest BCUT2D eigenvalue weighted by Crippen LogP contribution is 2.26. The van der Waals surface area contributed by atoms with E-state index in [0.717, 1.165) is 10.2 Å². The van der Waals surface area contributed by atoms with Crippen LogP contribution in [0, 0.1) is 6.92 Å². The molecule has 0 aliphatic rings. The lowest BCUT2D eigenvalue weighted by atomic mass is 10.0. The molecule has 0 saturated carbocycles. The maximum Gasteiger partial charge on any atom is 0.123 e. The summed E-state index contributed by atoms with van der Waals surface area (Å²) in [7, 11) is 0. The van der Waals surface area contributed by atoms with Crippen molar-refractivity contribution >= 4 is 27.3 Å². The Morgan fingerprint density at radius 3 is 2.67 bits per heavy atom. The predicted molar refractivity (Wildman–Crippen MR) is 81.6 cm³/mol. The van der Waals surface area contributed by atoms with E-state index in [1.54, 1.807) is 11.3 Å². The number of hydrogen-bond acceptors (Lipinski definition) is 2. The Labute approximate surface area is 121 Å². The van der Waals surface area contributed by atoms with Gasteiger partial charge in [-0.25, -0.2) is 0 Å². The largest absolute Gasteiger partial charge is 0.488 e. The molecule has 96 valence electrons. The molecular weight excluding hydrogens is 308 g/mol. The molecule has 1 aromatic heterocycles. The van der Waals surface area contributed by atoms with Crippen molar-refractivity contribution < 1.29 is 4.74 Å². The van der Waals surface area contributed by atoms with Gasteiger partial charge in [0, 0.05) is 14.7 Å².